The molecule has 11 heteroatoms. The van der Waals surface area contributed by atoms with Crippen LogP contribution in [0.25, 0.3) is 11.3 Å². The summed E-state index contributed by atoms with van der Waals surface area (Å²) in [6.07, 6.45) is -0.979. The SMILES string of the molecule is O=C(Nc1cnccc1[C@H]1C[C@@H](O)[C@H](O)[C@@H](CCl)O1)c1ccc(F)c(-c2c(F)cccc2F)n1. The van der Waals surface area contributed by atoms with Crippen LogP contribution in [-0.4, -0.2) is 50.3 Å². The Morgan fingerprint density at radius 3 is 2.56 bits per heavy atom. The number of aliphatic hydroxyl groups excluding tert-OH is 2. The molecule has 0 bridgehead atoms. The van der Waals surface area contributed by atoms with Gasteiger partial charge in [0.15, 0.2) is 0 Å². The fourth-order valence-electron chi connectivity index (χ4n) is 3.73. The van der Waals surface area contributed by atoms with Crippen molar-refractivity contribution >= 4 is 23.2 Å². The minimum absolute atomic E-state index is 0.0347. The van der Waals surface area contributed by atoms with E-state index in [0.717, 1.165) is 30.3 Å². The van der Waals surface area contributed by atoms with Crippen LogP contribution in [0.2, 0.25) is 0 Å². The zero-order chi connectivity index (χ0) is 24.4. The zero-order valence-corrected chi connectivity index (χ0v) is 18.2. The van der Waals surface area contributed by atoms with E-state index in [4.69, 9.17) is 16.3 Å². The zero-order valence-electron chi connectivity index (χ0n) is 17.5. The quantitative estimate of drug-likeness (QED) is 0.469. The first-order chi connectivity index (χ1) is 16.3. The lowest BCUT2D eigenvalue weighted by Crippen LogP contribution is -2.46. The Morgan fingerprint density at radius 2 is 1.85 bits per heavy atom. The number of halogens is 4. The molecule has 0 unspecified atom stereocenters. The lowest BCUT2D eigenvalue weighted by atomic mass is 9.94. The third kappa shape index (κ3) is 4.76. The normalized spacial score (nSPS) is 22.4. The highest BCUT2D eigenvalue weighted by Gasteiger charge is 2.37. The summed E-state index contributed by atoms with van der Waals surface area (Å²) in [5.41, 5.74) is -0.974. The molecular formula is C23H19ClF3N3O4. The number of anilines is 1. The first-order valence-electron chi connectivity index (χ1n) is 10.2. The fourth-order valence-corrected chi connectivity index (χ4v) is 3.98. The van der Waals surface area contributed by atoms with Crippen molar-refractivity contribution in [2.24, 2.45) is 0 Å². The maximum Gasteiger partial charge on any atom is 0.274 e. The third-order valence-electron chi connectivity index (χ3n) is 5.45. The van der Waals surface area contributed by atoms with Crippen LogP contribution in [0.5, 0.6) is 0 Å². The average Bonchev–Trinajstić information content (AvgIpc) is 2.82. The Hall–Kier alpha value is -3.05. The van der Waals surface area contributed by atoms with Crippen molar-refractivity contribution in [2.45, 2.75) is 30.8 Å². The van der Waals surface area contributed by atoms with Crippen molar-refractivity contribution in [1.29, 1.82) is 0 Å². The smallest absolute Gasteiger partial charge is 0.274 e. The van der Waals surface area contributed by atoms with Crippen molar-refractivity contribution < 1.29 is 32.9 Å². The molecule has 0 saturated carbocycles. The van der Waals surface area contributed by atoms with Gasteiger partial charge in [-0.25, -0.2) is 18.2 Å². The number of aromatic nitrogens is 2. The van der Waals surface area contributed by atoms with E-state index in [1.807, 2.05) is 0 Å². The lowest BCUT2D eigenvalue weighted by Gasteiger charge is -2.37. The topological polar surface area (TPSA) is 105 Å². The molecule has 34 heavy (non-hydrogen) atoms. The van der Waals surface area contributed by atoms with Gasteiger partial charge in [-0.15, -0.1) is 11.6 Å². The molecule has 4 rings (SSSR count). The first-order valence-corrected chi connectivity index (χ1v) is 10.8. The van der Waals surface area contributed by atoms with Crippen molar-refractivity contribution in [3.05, 3.63) is 77.5 Å². The number of alkyl halides is 1. The van der Waals surface area contributed by atoms with Crippen LogP contribution in [0.3, 0.4) is 0 Å². The van der Waals surface area contributed by atoms with E-state index < -0.39 is 59.0 Å². The van der Waals surface area contributed by atoms with Crippen LogP contribution < -0.4 is 5.32 Å². The highest BCUT2D eigenvalue weighted by molar-refractivity contribution is 6.18. The molecule has 3 heterocycles. The third-order valence-corrected chi connectivity index (χ3v) is 5.75. The molecule has 0 radical (unpaired) electrons. The van der Waals surface area contributed by atoms with Crippen LogP contribution in [0.15, 0.2) is 48.8 Å². The molecule has 178 valence electrons. The molecule has 3 N–H and O–H groups in total. The largest absolute Gasteiger partial charge is 0.390 e. The number of carbonyl (C=O) groups is 1. The average molecular weight is 494 g/mol. The highest BCUT2D eigenvalue weighted by atomic mass is 35.5. The molecule has 7 nitrogen and oxygen atoms in total. The Kier molecular flexibility index (Phi) is 7.13. The molecule has 0 aliphatic carbocycles. The van der Waals surface area contributed by atoms with E-state index in [0.29, 0.717) is 5.56 Å². The standard InChI is InChI=1S/C23H19ClF3N3O4/c24-9-19-22(32)17(31)8-18(34-19)11-6-7-28-10-16(11)30-23(33)15-5-4-14(27)21(29-15)20-12(25)2-1-3-13(20)26/h1-7,10,17-19,22,31-32H,8-9H2,(H,30,33)/t17-,18-,19-,22+/m1/s1. The van der Waals surface area contributed by atoms with Crippen molar-refractivity contribution in [3.8, 4) is 11.3 Å². The molecule has 1 aliphatic rings. The molecule has 1 amide bonds. The van der Waals surface area contributed by atoms with Crippen molar-refractivity contribution in [3.63, 3.8) is 0 Å². The molecular weight excluding hydrogens is 475 g/mol. The molecule has 1 aromatic carbocycles. The molecule has 2 aromatic heterocycles. The van der Waals surface area contributed by atoms with Gasteiger partial charge in [0.05, 0.1) is 35.5 Å². The molecule has 0 spiro atoms. The van der Waals surface area contributed by atoms with E-state index in [1.54, 1.807) is 6.07 Å². The number of aliphatic hydroxyl groups is 2. The lowest BCUT2D eigenvalue weighted by molar-refractivity contribution is -0.162. The Balaban J connectivity index is 1.63. The van der Waals surface area contributed by atoms with Gasteiger partial charge in [0.1, 0.15) is 41.0 Å². The van der Waals surface area contributed by atoms with E-state index >= 15 is 0 Å². The number of nitrogens with zero attached hydrogens (tertiary/aromatic N) is 2. The second-order valence-electron chi connectivity index (χ2n) is 7.65. The molecule has 1 saturated heterocycles. The Bertz CT molecular complexity index is 1200. The van der Waals surface area contributed by atoms with Crippen LogP contribution >= 0.6 is 11.6 Å². The molecule has 3 aromatic rings. The maximum atomic E-state index is 14.3. The van der Waals surface area contributed by atoms with Gasteiger partial charge in [-0.3, -0.25) is 9.78 Å². The predicted octanol–water partition coefficient (Wildman–Crippen LogP) is 3.60. The highest BCUT2D eigenvalue weighted by Crippen LogP contribution is 2.36. The monoisotopic (exact) mass is 493 g/mol. The number of hydrogen-bond acceptors (Lipinski definition) is 6. The summed E-state index contributed by atoms with van der Waals surface area (Å²) in [4.78, 5) is 20.7. The number of ether oxygens (including phenoxy) is 1. The Morgan fingerprint density at radius 1 is 1.12 bits per heavy atom. The van der Waals surface area contributed by atoms with Crippen LogP contribution in [-0.2, 0) is 4.74 Å². The number of pyridine rings is 2. The van der Waals surface area contributed by atoms with Crippen LogP contribution in [0, 0.1) is 17.5 Å². The first kappa shape index (κ1) is 24.1. The Labute approximate surface area is 197 Å². The van der Waals surface area contributed by atoms with E-state index in [-0.39, 0.29) is 23.7 Å². The van der Waals surface area contributed by atoms with Gasteiger partial charge in [0.2, 0.25) is 0 Å². The number of nitrogens with one attached hydrogen (secondary N) is 1. The van der Waals surface area contributed by atoms with Crippen LogP contribution in [0.4, 0.5) is 18.9 Å². The van der Waals surface area contributed by atoms with Gasteiger partial charge in [0.25, 0.3) is 5.91 Å². The number of carbonyl (C=O) groups excluding carboxylic acids is 1. The summed E-state index contributed by atoms with van der Waals surface area (Å²) in [5.74, 6) is -3.91. The summed E-state index contributed by atoms with van der Waals surface area (Å²) >= 11 is 5.83. The molecule has 1 aliphatic heterocycles. The van der Waals surface area contributed by atoms with Gasteiger partial charge < -0.3 is 20.3 Å². The van der Waals surface area contributed by atoms with Crippen molar-refractivity contribution in [2.75, 3.05) is 11.2 Å². The summed E-state index contributed by atoms with van der Waals surface area (Å²) in [7, 11) is 0. The van der Waals surface area contributed by atoms with Gasteiger partial charge >= 0.3 is 0 Å². The maximum absolute atomic E-state index is 14.3. The van der Waals surface area contributed by atoms with Gasteiger partial charge in [-0.1, -0.05) is 6.07 Å². The summed E-state index contributed by atoms with van der Waals surface area (Å²) in [6, 6.07) is 6.57. The van der Waals surface area contributed by atoms with E-state index in [9.17, 15) is 28.2 Å². The predicted molar refractivity (Wildman–Crippen MR) is 117 cm³/mol. The number of hydrogen-bond donors (Lipinski definition) is 3. The minimum atomic E-state index is -1.16. The van der Waals surface area contributed by atoms with Gasteiger partial charge in [-0.05, 0) is 30.3 Å². The summed E-state index contributed by atoms with van der Waals surface area (Å²) in [6.45, 7) is 0. The second kappa shape index (κ2) is 10.1. The number of amides is 1. The van der Waals surface area contributed by atoms with Crippen LogP contribution in [0.1, 0.15) is 28.6 Å². The minimum Gasteiger partial charge on any atom is -0.390 e. The summed E-state index contributed by atoms with van der Waals surface area (Å²) in [5, 5.41) is 22.8. The molecule has 4 atom stereocenters. The number of benzene rings is 1. The van der Waals surface area contributed by atoms with Gasteiger partial charge in [-0.2, -0.15) is 0 Å². The van der Waals surface area contributed by atoms with E-state index in [2.05, 4.69) is 15.3 Å². The van der Waals surface area contributed by atoms with Gasteiger partial charge in [0, 0.05) is 18.2 Å². The fraction of sp³-hybridized carbons (Fsp3) is 0.261. The van der Waals surface area contributed by atoms with E-state index in [1.165, 1.54) is 12.4 Å². The summed E-state index contributed by atoms with van der Waals surface area (Å²) < 4.78 is 48.4. The number of rotatable bonds is 5. The second-order valence-corrected chi connectivity index (χ2v) is 7.96. The molecule has 1 fully saturated rings. The van der Waals surface area contributed by atoms with Crippen molar-refractivity contribution in [1.82, 2.24) is 9.97 Å².